The zero-order valence-electron chi connectivity index (χ0n) is 17.1. The van der Waals surface area contributed by atoms with E-state index in [4.69, 9.17) is 18.6 Å². The highest BCUT2D eigenvalue weighted by molar-refractivity contribution is 6.23. The Morgan fingerprint density at radius 3 is 2.47 bits per heavy atom. The molecule has 3 rings (SSSR count). The fourth-order valence-corrected chi connectivity index (χ4v) is 3.29. The molecule has 1 atom stereocenters. The van der Waals surface area contributed by atoms with Crippen LogP contribution in [0, 0.1) is 0 Å². The Balaban J connectivity index is 1.87. The second-order valence-corrected chi connectivity index (χ2v) is 6.55. The third-order valence-corrected chi connectivity index (χ3v) is 4.77. The molecule has 9 heteroatoms. The van der Waals surface area contributed by atoms with E-state index in [-0.39, 0.29) is 18.7 Å². The molecule has 0 spiro atoms. The number of carbonyl (C=O) groups is 3. The van der Waals surface area contributed by atoms with Gasteiger partial charge in [0.15, 0.2) is 12.1 Å². The number of carbonyl (C=O) groups excluding carboxylic acids is 3. The summed E-state index contributed by atoms with van der Waals surface area (Å²) in [5, 5.41) is 0. The third kappa shape index (κ3) is 4.37. The number of imide groups is 1. The largest absolute Gasteiger partial charge is 0.494 e. The zero-order valence-corrected chi connectivity index (χ0v) is 17.1. The Morgan fingerprint density at radius 2 is 1.90 bits per heavy atom. The van der Waals surface area contributed by atoms with E-state index in [1.165, 1.54) is 31.4 Å². The third-order valence-electron chi connectivity index (χ3n) is 4.77. The highest BCUT2D eigenvalue weighted by Gasteiger charge is 2.45. The van der Waals surface area contributed by atoms with Gasteiger partial charge in [0.2, 0.25) is 5.91 Å². The number of anilines is 1. The fraction of sp³-hybridized carbons (Fsp3) is 0.381. The number of amides is 3. The molecule has 1 fully saturated rings. The number of benzene rings is 1. The molecule has 0 bridgehead atoms. The molecule has 1 aromatic carbocycles. The lowest BCUT2D eigenvalue weighted by molar-refractivity contribution is -0.128. The Labute approximate surface area is 174 Å². The zero-order chi connectivity index (χ0) is 21.7. The molecule has 0 N–H and O–H groups in total. The number of methoxy groups -OCH3 is 2. The molecule has 3 amide bonds. The summed E-state index contributed by atoms with van der Waals surface area (Å²) in [6.07, 6.45) is 0.438. The van der Waals surface area contributed by atoms with Crippen LogP contribution in [0.3, 0.4) is 0 Å². The average Bonchev–Trinajstić information content (AvgIpc) is 3.38. The first kappa shape index (κ1) is 21.5. The van der Waals surface area contributed by atoms with Gasteiger partial charge >= 0.3 is 0 Å². The molecular formula is C21H24N2O7. The molecule has 1 aliphatic heterocycles. The maximum atomic E-state index is 13.2. The Bertz CT molecular complexity index is 875. The van der Waals surface area contributed by atoms with Crippen molar-refractivity contribution in [2.24, 2.45) is 0 Å². The molecule has 1 aromatic heterocycles. The summed E-state index contributed by atoms with van der Waals surface area (Å²) in [7, 11) is 2.86. The minimum Gasteiger partial charge on any atom is -0.494 e. The maximum absolute atomic E-state index is 13.2. The van der Waals surface area contributed by atoms with Gasteiger partial charge in [-0.05, 0) is 43.3 Å². The highest BCUT2D eigenvalue weighted by atomic mass is 16.7. The quantitative estimate of drug-likeness (QED) is 0.456. The standard InChI is InChI=1S/C21H24N2O7/c1-4-29-15-9-7-14(8-10-15)23-18(24)12-16(20(23)25)22(13-19(27-2)28-3)21(26)17-6-5-11-30-17/h5-11,16,19H,4,12-13H2,1-3H3. The first-order valence-electron chi connectivity index (χ1n) is 9.49. The first-order chi connectivity index (χ1) is 14.5. The van der Waals surface area contributed by atoms with Gasteiger partial charge in [0.1, 0.15) is 11.8 Å². The lowest BCUT2D eigenvalue weighted by Crippen LogP contribution is -2.49. The molecule has 0 aliphatic carbocycles. The van der Waals surface area contributed by atoms with Crippen molar-refractivity contribution in [1.29, 1.82) is 0 Å². The highest BCUT2D eigenvalue weighted by Crippen LogP contribution is 2.28. The topological polar surface area (TPSA) is 98.5 Å². The van der Waals surface area contributed by atoms with Crippen molar-refractivity contribution in [2.45, 2.75) is 25.7 Å². The van der Waals surface area contributed by atoms with Crippen LogP contribution in [0.25, 0.3) is 0 Å². The van der Waals surface area contributed by atoms with E-state index in [0.29, 0.717) is 18.0 Å². The van der Waals surface area contributed by atoms with Crippen LogP contribution in [-0.4, -0.2) is 62.3 Å². The second kappa shape index (κ2) is 9.55. The van der Waals surface area contributed by atoms with Crippen LogP contribution < -0.4 is 9.64 Å². The summed E-state index contributed by atoms with van der Waals surface area (Å²) in [4.78, 5) is 41.2. The monoisotopic (exact) mass is 416 g/mol. The maximum Gasteiger partial charge on any atom is 0.290 e. The van der Waals surface area contributed by atoms with Crippen LogP contribution in [0.1, 0.15) is 23.9 Å². The van der Waals surface area contributed by atoms with Crippen molar-refractivity contribution in [3.8, 4) is 5.75 Å². The molecule has 9 nitrogen and oxygen atoms in total. The van der Waals surface area contributed by atoms with Crippen LogP contribution in [0.15, 0.2) is 47.1 Å². The minimum atomic E-state index is -1.01. The summed E-state index contributed by atoms with van der Waals surface area (Å²) >= 11 is 0. The molecule has 1 aliphatic rings. The second-order valence-electron chi connectivity index (χ2n) is 6.55. The molecule has 0 radical (unpaired) electrons. The predicted molar refractivity (Wildman–Crippen MR) is 106 cm³/mol. The number of nitrogens with zero attached hydrogens (tertiary/aromatic N) is 2. The molecule has 0 saturated carbocycles. The summed E-state index contributed by atoms with van der Waals surface area (Å²) in [6, 6.07) is 8.70. The van der Waals surface area contributed by atoms with Gasteiger partial charge in [-0.25, -0.2) is 4.90 Å². The molecule has 30 heavy (non-hydrogen) atoms. The van der Waals surface area contributed by atoms with E-state index in [2.05, 4.69) is 0 Å². The minimum absolute atomic E-state index is 0.0483. The summed E-state index contributed by atoms with van der Waals surface area (Å²) in [5.41, 5.74) is 0.413. The van der Waals surface area contributed by atoms with Crippen molar-refractivity contribution in [3.05, 3.63) is 48.4 Å². The number of furan rings is 1. The Kier molecular flexibility index (Phi) is 6.86. The van der Waals surface area contributed by atoms with Crippen LogP contribution in [0.4, 0.5) is 5.69 Å². The lowest BCUT2D eigenvalue weighted by Gasteiger charge is -2.29. The summed E-state index contributed by atoms with van der Waals surface area (Å²) in [6.45, 7) is 2.32. The van der Waals surface area contributed by atoms with Crippen molar-refractivity contribution in [1.82, 2.24) is 4.90 Å². The van der Waals surface area contributed by atoms with Crippen molar-refractivity contribution in [3.63, 3.8) is 0 Å². The predicted octanol–water partition coefficient (Wildman–Crippen LogP) is 2.07. The smallest absolute Gasteiger partial charge is 0.290 e. The van der Waals surface area contributed by atoms with Gasteiger partial charge in [-0.2, -0.15) is 0 Å². The van der Waals surface area contributed by atoms with Gasteiger partial charge < -0.3 is 23.5 Å². The van der Waals surface area contributed by atoms with Gasteiger partial charge in [-0.15, -0.1) is 0 Å². The fourth-order valence-electron chi connectivity index (χ4n) is 3.29. The SMILES string of the molecule is CCOc1ccc(N2C(=O)CC(N(CC(OC)OC)C(=O)c3ccco3)C2=O)cc1. The van der Waals surface area contributed by atoms with E-state index >= 15 is 0 Å². The van der Waals surface area contributed by atoms with E-state index < -0.39 is 30.1 Å². The average molecular weight is 416 g/mol. The molecule has 160 valence electrons. The van der Waals surface area contributed by atoms with E-state index in [1.54, 1.807) is 30.3 Å². The van der Waals surface area contributed by atoms with Gasteiger partial charge in [0.25, 0.3) is 11.8 Å². The van der Waals surface area contributed by atoms with Gasteiger partial charge in [0, 0.05) is 14.2 Å². The number of hydrogen-bond acceptors (Lipinski definition) is 7. The molecular weight excluding hydrogens is 392 g/mol. The Morgan fingerprint density at radius 1 is 1.20 bits per heavy atom. The van der Waals surface area contributed by atoms with Gasteiger partial charge in [-0.1, -0.05) is 0 Å². The van der Waals surface area contributed by atoms with Crippen LogP contribution in [0.5, 0.6) is 5.75 Å². The van der Waals surface area contributed by atoms with Crippen molar-refractivity contribution >= 4 is 23.4 Å². The van der Waals surface area contributed by atoms with Gasteiger partial charge in [0.05, 0.1) is 31.5 Å². The van der Waals surface area contributed by atoms with Gasteiger partial charge in [-0.3, -0.25) is 14.4 Å². The number of ether oxygens (including phenoxy) is 3. The van der Waals surface area contributed by atoms with Crippen LogP contribution >= 0.6 is 0 Å². The lowest BCUT2D eigenvalue weighted by atomic mass is 10.2. The molecule has 2 aromatic rings. The van der Waals surface area contributed by atoms with Crippen LogP contribution in [-0.2, 0) is 19.1 Å². The summed E-state index contributed by atoms with van der Waals surface area (Å²) in [5.74, 6) is -0.748. The van der Waals surface area contributed by atoms with Crippen molar-refractivity contribution in [2.75, 3.05) is 32.3 Å². The van der Waals surface area contributed by atoms with Crippen molar-refractivity contribution < 1.29 is 33.0 Å². The molecule has 1 saturated heterocycles. The molecule has 2 heterocycles. The van der Waals surface area contributed by atoms with E-state index in [9.17, 15) is 14.4 Å². The number of hydrogen-bond donors (Lipinski definition) is 0. The number of rotatable bonds is 9. The Hall–Kier alpha value is -3.17. The first-order valence-corrected chi connectivity index (χ1v) is 9.49. The van der Waals surface area contributed by atoms with E-state index in [1.807, 2.05) is 6.92 Å². The van der Waals surface area contributed by atoms with Crippen LogP contribution in [0.2, 0.25) is 0 Å². The van der Waals surface area contributed by atoms with E-state index in [0.717, 1.165) is 4.90 Å². The normalized spacial score (nSPS) is 16.4. The summed E-state index contributed by atoms with van der Waals surface area (Å²) < 4.78 is 21.0. The molecule has 1 unspecified atom stereocenters.